The van der Waals surface area contributed by atoms with E-state index in [1.807, 2.05) is 36.4 Å². The van der Waals surface area contributed by atoms with Crippen LogP contribution in [0, 0.1) is 11.7 Å². The first-order valence-corrected chi connectivity index (χ1v) is 11.1. The van der Waals surface area contributed by atoms with E-state index in [2.05, 4.69) is 0 Å². The Kier molecular flexibility index (Phi) is 6.76. The van der Waals surface area contributed by atoms with Gasteiger partial charge in [0.25, 0.3) is 17.5 Å². The first-order chi connectivity index (χ1) is 16.0. The molecule has 2 aliphatic heterocycles. The van der Waals surface area contributed by atoms with Crippen molar-refractivity contribution < 1.29 is 23.9 Å². The van der Waals surface area contributed by atoms with Crippen molar-refractivity contribution in [2.75, 3.05) is 26.7 Å². The summed E-state index contributed by atoms with van der Waals surface area (Å²) < 4.78 is 20.1. The molecule has 2 N–H and O–H groups in total. The molecule has 0 aromatic heterocycles. The van der Waals surface area contributed by atoms with E-state index in [0.29, 0.717) is 38.9 Å². The number of rotatable bonds is 5. The van der Waals surface area contributed by atoms with Gasteiger partial charge < -0.3 is 9.64 Å². The molecule has 0 unspecified atom stereocenters. The second kappa shape index (κ2) is 9.72. The first-order valence-electron chi connectivity index (χ1n) is 11.1. The number of carbonyl (C=O) groups is 2. The van der Waals surface area contributed by atoms with Gasteiger partial charge in [-0.15, -0.1) is 0 Å². The number of nitrogens with one attached hydrogen (secondary N) is 1. The summed E-state index contributed by atoms with van der Waals surface area (Å²) in [5.74, 6) is -2.43. The van der Waals surface area contributed by atoms with E-state index < -0.39 is 23.4 Å². The van der Waals surface area contributed by atoms with E-state index in [1.165, 1.54) is 18.2 Å². The number of benzene rings is 2. The SMILES string of the molecule is CN1CCC[C@H](C(=O)NO)[C@]1(Oc1cccc(F)c1)C(=O)N1CC=C(c2ccccc2)CC1. The zero-order valence-electron chi connectivity index (χ0n) is 18.5. The van der Waals surface area contributed by atoms with Gasteiger partial charge in [0.15, 0.2) is 0 Å². The standard InChI is InChI=1S/C25H28FN3O4/c1-28-14-6-11-22(23(30)27-32)25(28,33-21-10-5-9-20(26)17-21)24(31)29-15-12-19(13-16-29)18-7-3-2-4-8-18/h2-5,7-10,12,17,22,32H,6,11,13-16H2,1H3,(H,27,30)/t22-,25+/m1/s1. The van der Waals surface area contributed by atoms with Gasteiger partial charge in [-0.3, -0.25) is 19.7 Å². The molecular weight excluding hydrogens is 425 g/mol. The molecule has 2 aromatic carbocycles. The summed E-state index contributed by atoms with van der Waals surface area (Å²) in [7, 11) is 1.71. The van der Waals surface area contributed by atoms with Gasteiger partial charge in [0.05, 0.1) is 0 Å². The summed E-state index contributed by atoms with van der Waals surface area (Å²) in [5.41, 5.74) is 2.25. The van der Waals surface area contributed by atoms with Crippen LogP contribution < -0.4 is 10.2 Å². The Bertz CT molecular complexity index is 1040. The molecular formula is C25H28FN3O4. The van der Waals surface area contributed by atoms with Gasteiger partial charge in [0.2, 0.25) is 0 Å². The molecule has 8 heteroatoms. The first kappa shape index (κ1) is 22.9. The minimum Gasteiger partial charge on any atom is -0.462 e. The molecule has 0 saturated carbocycles. The highest BCUT2D eigenvalue weighted by Crippen LogP contribution is 2.38. The number of carbonyl (C=O) groups excluding carboxylic acids is 2. The van der Waals surface area contributed by atoms with E-state index >= 15 is 0 Å². The topological polar surface area (TPSA) is 82.1 Å². The van der Waals surface area contributed by atoms with Gasteiger partial charge in [0.1, 0.15) is 17.5 Å². The number of amides is 2. The van der Waals surface area contributed by atoms with Gasteiger partial charge in [-0.25, -0.2) is 9.87 Å². The Morgan fingerprint density at radius 3 is 2.61 bits per heavy atom. The minimum atomic E-state index is -1.71. The number of likely N-dealkylation sites (tertiary alicyclic amines) is 1. The molecule has 0 spiro atoms. The summed E-state index contributed by atoms with van der Waals surface area (Å²) in [6.45, 7) is 1.32. The number of hydrogen-bond donors (Lipinski definition) is 2. The fourth-order valence-corrected chi connectivity index (χ4v) is 4.76. The van der Waals surface area contributed by atoms with E-state index in [-0.39, 0.29) is 11.7 Å². The second-order valence-corrected chi connectivity index (χ2v) is 8.44. The Morgan fingerprint density at radius 1 is 1.15 bits per heavy atom. The molecule has 0 radical (unpaired) electrons. The van der Waals surface area contributed by atoms with Gasteiger partial charge in [-0.2, -0.15) is 0 Å². The van der Waals surface area contributed by atoms with E-state index in [9.17, 15) is 19.2 Å². The molecule has 2 amide bonds. The molecule has 7 nitrogen and oxygen atoms in total. The number of piperidine rings is 1. The molecule has 1 saturated heterocycles. The summed E-state index contributed by atoms with van der Waals surface area (Å²) in [5, 5.41) is 9.40. The lowest BCUT2D eigenvalue weighted by molar-refractivity contribution is -0.190. The highest BCUT2D eigenvalue weighted by Gasteiger charge is 2.58. The van der Waals surface area contributed by atoms with Gasteiger partial charge in [-0.05, 0) is 49.6 Å². The van der Waals surface area contributed by atoms with Crippen LogP contribution in [-0.4, -0.2) is 59.2 Å². The van der Waals surface area contributed by atoms with Crippen molar-refractivity contribution in [1.82, 2.24) is 15.3 Å². The van der Waals surface area contributed by atoms with Crippen molar-refractivity contribution in [3.05, 3.63) is 72.1 Å². The van der Waals surface area contributed by atoms with Crippen LogP contribution in [0.1, 0.15) is 24.8 Å². The molecule has 1 fully saturated rings. The lowest BCUT2D eigenvalue weighted by atomic mass is 9.83. The Morgan fingerprint density at radius 2 is 1.94 bits per heavy atom. The third-order valence-corrected chi connectivity index (χ3v) is 6.47. The summed E-state index contributed by atoms with van der Waals surface area (Å²) in [4.78, 5) is 30.1. The van der Waals surface area contributed by atoms with Crippen molar-refractivity contribution >= 4 is 17.4 Å². The van der Waals surface area contributed by atoms with Crippen LogP contribution in [0.15, 0.2) is 60.7 Å². The van der Waals surface area contributed by atoms with Gasteiger partial charge >= 0.3 is 0 Å². The lowest BCUT2D eigenvalue weighted by Crippen LogP contribution is -2.70. The Balaban J connectivity index is 1.69. The number of likely N-dealkylation sites (N-methyl/N-ethyl adjacent to an activating group) is 1. The molecule has 2 aromatic rings. The van der Waals surface area contributed by atoms with Crippen LogP contribution in [0.2, 0.25) is 0 Å². The highest BCUT2D eigenvalue weighted by molar-refractivity contribution is 5.93. The number of nitrogens with zero attached hydrogens (tertiary/aromatic N) is 2. The summed E-state index contributed by atoms with van der Waals surface area (Å²) >= 11 is 0. The molecule has 174 valence electrons. The summed E-state index contributed by atoms with van der Waals surface area (Å²) in [6, 6.07) is 15.5. The maximum Gasteiger partial charge on any atom is 0.283 e. The monoisotopic (exact) mass is 453 g/mol. The lowest BCUT2D eigenvalue weighted by Gasteiger charge is -2.49. The third kappa shape index (κ3) is 4.49. The van der Waals surface area contributed by atoms with E-state index in [0.717, 1.165) is 11.1 Å². The van der Waals surface area contributed by atoms with Crippen LogP contribution in [0.3, 0.4) is 0 Å². The smallest absolute Gasteiger partial charge is 0.283 e. The zero-order chi connectivity index (χ0) is 23.4. The van der Waals surface area contributed by atoms with Crippen LogP contribution >= 0.6 is 0 Å². The molecule has 4 rings (SSSR count). The Labute approximate surface area is 192 Å². The minimum absolute atomic E-state index is 0.144. The van der Waals surface area contributed by atoms with E-state index in [4.69, 9.17) is 4.74 Å². The van der Waals surface area contributed by atoms with Crippen LogP contribution in [0.25, 0.3) is 5.57 Å². The molecule has 2 aliphatic rings. The average Bonchev–Trinajstić information content (AvgIpc) is 2.85. The van der Waals surface area contributed by atoms with Crippen molar-refractivity contribution in [1.29, 1.82) is 0 Å². The fourth-order valence-electron chi connectivity index (χ4n) is 4.76. The van der Waals surface area contributed by atoms with Crippen molar-refractivity contribution in [3.63, 3.8) is 0 Å². The molecule has 2 heterocycles. The predicted molar refractivity (Wildman–Crippen MR) is 121 cm³/mol. The maximum atomic E-state index is 14.0. The second-order valence-electron chi connectivity index (χ2n) is 8.44. The van der Waals surface area contributed by atoms with Crippen molar-refractivity contribution in [2.45, 2.75) is 25.0 Å². The average molecular weight is 454 g/mol. The van der Waals surface area contributed by atoms with Gasteiger partial charge in [-0.1, -0.05) is 42.5 Å². The van der Waals surface area contributed by atoms with Gasteiger partial charge in [0, 0.05) is 25.7 Å². The fraction of sp³-hybridized carbons (Fsp3) is 0.360. The number of hydroxylamine groups is 1. The Hall–Kier alpha value is -3.23. The normalized spacial score (nSPS) is 23.5. The largest absolute Gasteiger partial charge is 0.462 e. The van der Waals surface area contributed by atoms with E-state index in [1.54, 1.807) is 28.4 Å². The van der Waals surface area contributed by atoms with Crippen molar-refractivity contribution in [2.24, 2.45) is 5.92 Å². The zero-order valence-corrected chi connectivity index (χ0v) is 18.5. The molecule has 0 bridgehead atoms. The maximum absolute atomic E-state index is 14.0. The quantitative estimate of drug-likeness (QED) is 0.537. The number of halogens is 1. The predicted octanol–water partition coefficient (Wildman–Crippen LogP) is 3.06. The number of ether oxygens (including phenoxy) is 1. The molecule has 0 aliphatic carbocycles. The van der Waals surface area contributed by atoms with Crippen LogP contribution in [0.5, 0.6) is 5.75 Å². The summed E-state index contributed by atoms with van der Waals surface area (Å²) in [6.07, 6.45) is 3.66. The molecule has 2 atom stereocenters. The van der Waals surface area contributed by atoms with Crippen LogP contribution in [0.4, 0.5) is 4.39 Å². The van der Waals surface area contributed by atoms with Crippen LogP contribution in [-0.2, 0) is 9.59 Å². The highest BCUT2D eigenvalue weighted by atomic mass is 19.1. The van der Waals surface area contributed by atoms with Crippen molar-refractivity contribution in [3.8, 4) is 5.75 Å². The molecule has 33 heavy (non-hydrogen) atoms. The number of hydrogen-bond acceptors (Lipinski definition) is 5. The third-order valence-electron chi connectivity index (χ3n) is 6.47.